The van der Waals surface area contributed by atoms with E-state index < -0.39 is 0 Å². The fourth-order valence-electron chi connectivity index (χ4n) is 2.73. The normalized spacial score (nSPS) is 10.9. The number of hydrogen-bond donors (Lipinski definition) is 2. The zero-order valence-electron chi connectivity index (χ0n) is 14.1. The molecule has 6 heteroatoms. The lowest BCUT2D eigenvalue weighted by Crippen LogP contribution is -2.11. The van der Waals surface area contributed by atoms with Crippen molar-refractivity contribution in [2.24, 2.45) is 0 Å². The van der Waals surface area contributed by atoms with Crippen molar-refractivity contribution >= 4 is 44.7 Å². The Morgan fingerprint density at radius 1 is 1.07 bits per heavy atom. The van der Waals surface area contributed by atoms with E-state index in [4.69, 9.17) is 11.6 Å². The number of aromatic nitrogens is 1. The van der Waals surface area contributed by atoms with Crippen LogP contribution in [0.2, 0.25) is 5.02 Å². The second-order valence-corrected chi connectivity index (χ2v) is 7.59. The summed E-state index contributed by atoms with van der Waals surface area (Å²) in [5, 5.41) is 13.5. The van der Waals surface area contributed by atoms with Gasteiger partial charge >= 0.3 is 0 Å². The molecule has 0 atom stereocenters. The fourth-order valence-corrected chi connectivity index (χ4v) is 3.91. The third-order valence-electron chi connectivity index (χ3n) is 4.12. The first-order valence-electron chi connectivity index (χ1n) is 8.32. The molecule has 0 spiro atoms. The van der Waals surface area contributed by atoms with Gasteiger partial charge in [0.1, 0.15) is 5.75 Å². The van der Waals surface area contributed by atoms with Gasteiger partial charge in [0.2, 0.25) is 0 Å². The SMILES string of the molecule is O=C(Nc1ccc(Cc2nc3ccccc3s2)cc1)c1ccc(O)c(Cl)c1. The first-order valence-corrected chi connectivity index (χ1v) is 9.51. The number of amides is 1. The number of halogens is 1. The van der Waals surface area contributed by atoms with Gasteiger partial charge in [-0.15, -0.1) is 11.3 Å². The minimum absolute atomic E-state index is 0.0487. The molecule has 0 unspecified atom stereocenters. The summed E-state index contributed by atoms with van der Waals surface area (Å²) in [5.41, 5.74) is 3.22. The second-order valence-electron chi connectivity index (χ2n) is 6.07. The topological polar surface area (TPSA) is 62.2 Å². The van der Waals surface area contributed by atoms with Crippen LogP contribution in [0.15, 0.2) is 66.7 Å². The molecule has 0 saturated heterocycles. The first-order chi connectivity index (χ1) is 13.1. The molecule has 0 radical (unpaired) electrons. The smallest absolute Gasteiger partial charge is 0.255 e. The summed E-state index contributed by atoms with van der Waals surface area (Å²) in [6.45, 7) is 0. The number of carbonyl (C=O) groups excluding carboxylic acids is 1. The molecule has 0 fully saturated rings. The van der Waals surface area contributed by atoms with Gasteiger partial charge in [-0.2, -0.15) is 0 Å². The van der Waals surface area contributed by atoms with Gasteiger partial charge in [-0.05, 0) is 48.0 Å². The molecule has 27 heavy (non-hydrogen) atoms. The number of carbonyl (C=O) groups is 1. The van der Waals surface area contributed by atoms with Crippen LogP contribution in [0, 0.1) is 0 Å². The number of para-hydroxylation sites is 1. The molecule has 3 aromatic carbocycles. The molecule has 2 N–H and O–H groups in total. The van der Waals surface area contributed by atoms with Crippen LogP contribution in [0.4, 0.5) is 5.69 Å². The Balaban J connectivity index is 1.45. The number of anilines is 1. The second kappa shape index (κ2) is 7.39. The predicted octanol–water partition coefficient (Wildman–Crippen LogP) is 5.50. The molecule has 0 aliphatic rings. The van der Waals surface area contributed by atoms with Crippen molar-refractivity contribution in [2.75, 3.05) is 5.32 Å². The molecule has 0 saturated carbocycles. The van der Waals surface area contributed by atoms with Crippen LogP contribution < -0.4 is 5.32 Å². The molecular formula is C21H15ClN2O2S. The van der Waals surface area contributed by atoms with Crippen molar-refractivity contribution in [2.45, 2.75) is 6.42 Å². The molecule has 0 aliphatic heterocycles. The number of nitrogens with one attached hydrogen (secondary N) is 1. The van der Waals surface area contributed by atoms with E-state index >= 15 is 0 Å². The lowest BCUT2D eigenvalue weighted by molar-refractivity contribution is 0.102. The van der Waals surface area contributed by atoms with Crippen molar-refractivity contribution in [3.05, 3.63) is 87.9 Å². The highest BCUT2D eigenvalue weighted by molar-refractivity contribution is 7.18. The van der Waals surface area contributed by atoms with Crippen LogP contribution in [-0.4, -0.2) is 16.0 Å². The van der Waals surface area contributed by atoms with Crippen molar-refractivity contribution < 1.29 is 9.90 Å². The molecule has 0 bridgehead atoms. The molecule has 4 nitrogen and oxygen atoms in total. The van der Waals surface area contributed by atoms with Gasteiger partial charge in [0.05, 0.1) is 20.2 Å². The first kappa shape index (κ1) is 17.5. The molecule has 1 aromatic heterocycles. The summed E-state index contributed by atoms with van der Waals surface area (Å²) in [4.78, 5) is 16.9. The molecular weight excluding hydrogens is 380 g/mol. The average Bonchev–Trinajstić information content (AvgIpc) is 3.08. The maximum absolute atomic E-state index is 12.3. The maximum atomic E-state index is 12.3. The molecule has 1 heterocycles. The van der Waals surface area contributed by atoms with E-state index in [-0.39, 0.29) is 16.7 Å². The van der Waals surface area contributed by atoms with Crippen molar-refractivity contribution in [3.8, 4) is 5.75 Å². The van der Waals surface area contributed by atoms with Crippen LogP contribution in [0.3, 0.4) is 0 Å². The largest absolute Gasteiger partial charge is 0.506 e. The van der Waals surface area contributed by atoms with Gasteiger partial charge in [0.15, 0.2) is 0 Å². The Labute approximate surface area is 165 Å². The average molecular weight is 395 g/mol. The Morgan fingerprint density at radius 3 is 2.59 bits per heavy atom. The van der Waals surface area contributed by atoms with E-state index in [0.29, 0.717) is 11.3 Å². The fraction of sp³-hybridized carbons (Fsp3) is 0.0476. The molecule has 4 aromatic rings. The number of fused-ring (bicyclic) bond motifs is 1. The minimum atomic E-state index is -0.282. The van der Waals surface area contributed by atoms with E-state index in [0.717, 1.165) is 22.5 Å². The summed E-state index contributed by atoms with van der Waals surface area (Å²) < 4.78 is 1.18. The van der Waals surface area contributed by atoms with E-state index in [1.807, 2.05) is 42.5 Å². The van der Waals surface area contributed by atoms with Crippen LogP contribution in [0.1, 0.15) is 20.9 Å². The number of benzene rings is 3. The van der Waals surface area contributed by atoms with Crippen molar-refractivity contribution in [3.63, 3.8) is 0 Å². The highest BCUT2D eigenvalue weighted by Crippen LogP contribution is 2.25. The molecule has 134 valence electrons. The lowest BCUT2D eigenvalue weighted by atomic mass is 10.1. The lowest BCUT2D eigenvalue weighted by Gasteiger charge is -2.07. The molecule has 4 rings (SSSR count). The van der Waals surface area contributed by atoms with Crippen LogP contribution in [0.5, 0.6) is 5.75 Å². The van der Waals surface area contributed by atoms with E-state index in [9.17, 15) is 9.90 Å². The number of thiazole rings is 1. The number of aromatic hydroxyl groups is 1. The monoisotopic (exact) mass is 394 g/mol. The van der Waals surface area contributed by atoms with Gasteiger partial charge < -0.3 is 10.4 Å². The van der Waals surface area contributed by atoms with Gasteiger partial charge in [-0.25, -0.2) is 4.98 Å². The third-order valence-corrected chi connectivity index (χ3v) is 5.45. The molecule has 1 amide bonds. The van der Waals surface area contributed by atoms with E-state index in [1.165, 1.54) is 22.9 Å². The minimum Gasteiger partial charge on any atom is -0.506 e. The van der Waals surface area contributed by atoms with E-state index in [1.54, 1.807) is 11.3 Å². The van der Waals surface area contributed by atoms with Crippen LogP contribution >= 0.6 is 22.9 Å². The Bertz CT molecular complexity index is 1090. The van der Waals surface area contributed by atoms with Crippen LogP contribution in [-0.2, 0) is 6.42 Å². The zero-order chi connectivity index (χ0) is 18.8. The van der Waals surface area contributed by atoms with Crippen molar-refractivity contribution in [1.29, 1.82) is 0 Å². The van der Waals surface area contributed by atoms with E-state index in [2.05, 4.69) is 16.4 Å². The van der Waals surface area contributed by atoms with Gasteiger partial charge in [-0.1, -0.05) is 35.9 Å². The Kier molecular flexibility index (Phi) is 4.79. The number of phenols is 1. The summed E-state index contributed by atoms with van der Waals surface area (Å²) in [6, 6.07) is 20.1. The number of phenolic OH excluding ortho intramolecular Hbond substituents is 1. The standard InChI is InChI=1S/C21H15ClN2O2S/c22-16-12-14(7-10-18(16)25)21(26)23-15-8-5-13(6-9-15)11-20-24-17-3-1-2-4-19(17)27-20/h1-10,12,25H,11H2,(H,23,26). The number of hydrogen-bond acceptors (Lipinski definition) is 4. The zero-order valence-corrected chi connectivity index (χ0v) is 15.7. The predicted molar refractivity (Wildman–Crippen MR) is 110 cm³/mol. The highest BCUT2D eigenvalue weighted by Gasteiger charge is 2.09. The van der Waals surface area contributed by atoms with Gasteiger partial charge in [0.25, 0.3) is 5.91 Å². The Hall–Kier alpha value is -2.89. The summed E-state index contributed by atoms with van der Waals surface area (Å²) >= 11 is 7.55. The highest BCUT2D eigenvalue weighted by atomic mass is 35.5. The Morgan fingerprint density at radius 2 is 1.85 bits per heavy atom. The van der Waals surface area contributed by atoms with Crippen LogP contribution in [0.25, 0.3) is 10.2 Å². The summed E-state index contributed by atoms with van der Waals surface area (Å²) in [5.74, 6) is -0.330. The molecule has 0 aliphatic carbocycles. The summed E-state index contributed by atoms with van der Waals surface area (Å²) in [6.07, 6.45) is 0.751. The maximum Gasteiger partial charge on any atom is 0.255 e. The summed E-state index contributed by atoms with van der Waals surface area (Å²) in [7, 11) is 0. The van der Waals surface area contributed by atoms with Gasteiger partial charge in [0, 0.05) is 17.7 Å². The number of nitrogens with zero attached hydrogens (tertiary/aromatic N) is 1. The quantitative estimate of drug-likeness (QED) is 0.480. The third kappa shape index (κ3) is 3.94. The number of rotatable bonds is 4. The van der Waals surface area contributed by atoms with Gasteiger partial charge in [-0.3, -0.25) is 4.79 Å². The van der Waals surface area contributed by atoms with Crippen molar-refractivity contribution in [1.82, 2.24) is 4.98 Å².